The van der Waals surface area contributed by atoms with E-state index in [0.717, 1.165) is 18.2 Å². The summed E-state index contributed by atoms with van der Waals surface area (Å²) in [4.78, 5) is 25.2. The van der Waals surface area contributed by atoms with E-state index >= 15 is 0 Å². The maximum atomic E-state index is 14.7. The van der Waals surface area contributed by atoms with E-state index in [9.17, 15) is 22.4 Å². The summed E-state index contributed by atoms with van der Waals surface area (Å²) in [5.74, 6) is -1.12. The molecule has 1 aromatic carbocycles. The van der Waals surface area contributed by atoms with Crippen molar-refractivity contribution >= 4 is 17.9 Å². The molecular weight excluding hydrogens is 466 g/mol. The molecule has 0 unspecified atom stereocenters. The van der Waals surface area contributed by atoms with Crippen molar-refractivity contribution in [2.45, 2.75) is 43.7 Å². The number of carbonyl (C=O) groups excluding carboxylic acids is 1. The second-order valence-corrected chi connectivity index (χ2v) is 8.49. The van der Waals surface area contributed by atoms with Crippen LogP contribution in [-0.2, 0) is 23.1 Å². The van der Waals surface area contributed by atoms with Gasteiger partial charge in [-0.05, 0) is 30.0 Å². The largest absolute Gasteiger partial charge is 0.401 e. The number of nitrogens with zero attached hydrogens (tertiary/aromatic N) is 4. The van der Waals surface area contributed by atoms with Crippen molar-refractivity contribution in [2.75, 3.05) is 5.32 Å². The van der Waals surface area contributed by atoms with Crippen molar-refractivity contribution < 1.29 is 26.9 Å². The molecule has 0 saturated heterocycles. The average Bonchev–Trinajstić information content (AvgIpc) is 3.25. The number of rotatable bonds is 7. The Labute approximate surface area is 197 Å². The van der Waals surface area contributed by atoms with E-state index < -0.39 is 23.3 Å². The highest BCUT2D eigenvalue weighted by molar-refractivity contribution is 5.91. The highest BCUT2D eigenvalue weighted by Crippen LogP contribution is 2.59. The summed E-state index contributed by atoms with van der Waals surface area (Å²) < 4.78 is 59.1. The standard InChI is InChI=1S/C24H19F4N5O2/c25-18-8-14(16-12-30-20(31-13-16)10-17-2-1-7-29-17)3-4-15(18)9-22(34)32-21-11-19(35-33-21)23(5-6-23)24(26,27)28/h2-4,7-8,11-13H,1,5-6,9-10H2,(H,32,33,34). The SMILES string of the molecule is O=C(Cc1ccc(-c2cnc(CC3=CCC=N3)nc2)cc1F)Nc1cc(C2(C(F)(F)F)CC2)on1. The van der Waals surface area contributed by atoms with Crippen LogP contribution in [0.2, 0.25) is 0 Å². The Morgan fingerprint density at radius 2 is 1.89 bits per heavy atom. The first-order chi connectivity index (χ1) is 16.7. The summed E-state index contributed by atoms with van der Waals surface area (Å²) in [6.07, 6.45) is 3.36. The first-order valence-corrected chi connectivity index (χ1v) is 10.9. The molecule has 0 spiro atoms. The van der Waals surface area contributed by atoms with Crippen LogP contribution in [0.25, 0.3) is 11.1 Å². The topological polar surface area (TPSA) is 93.3 Å². The van der Waals surface area contributed by atoms with Gasteiger partial charge < -0.3 is 9.84 Å². The number of carbonyl (C=O) groups is 1. The first kappa shape index (κ1) is 22.9. The highest BCUT2D eigenvalue weighted by Gasteiger charge is 2.66. The van der Waals surface area contributed by atoms with E-state index in [4.69, 9.17) is 4.52 Å². The third-order valence-corrected chi connectivity index (χ3v) is 6.04. The molecule has 180 valence electrons. The molecule has 0 radical (unpaired) electrons. The van der Waals surface area contributed by atoms with E-state index in [-0.39, 0.29) is 36.4 Å². The molecule has 7 nitrogen and oxygen atoms in total. The maximum Gasteiger partial charge on any atom is 0.401 e. The van der Waals surface area contributed by atoms with Crippen LogP contribution in [0, 0.1) is 5.82 Å². The fraction of sp³-hybridized carbons (Fsp3) is 0.292. The molecule has 3 heterocycles. The molecule has 0 bridgehead atoms. The Kier molecular flexibility index (Phi) is 5.70. The lowest BCUT2D eigenvalue weighted by Crippen LogP contribution is -2.28. The molecule has 0 atom stereocenters. The predicted molar refractivity (Wildman–Crippen MR) is 118 cm³/mol. The van der Waals surface area contributed by atoms with E-state index in [1.54, 1.807) is 18.5 Å². The van der Waals surface area contributed by atoms with Gasteiger partial charge in [-0.1, -0.05) is 23.4 Å². The normalized spacial score (nSPS) is 16.3. The van der Waals surface area contributed by atoms with Gasteiger partial charge in [0, 0.05) is 48.8 Å². The summed E-state index contributed by atoms with van der Waals surface area (Å²) in [5.41, 5.74) is 0.142. The van der Waals surface area contributed by atoms with Gasteiger partial charge >= 0.3 is 6.18 Å². The molecule has 1 fully saturated rings. The zero-order valence-corrected chi connectivity index (χ0v) is 18.3. The van der Waals surface area contributed by atoms with Crippen LogP contribution in [0.1, 0.15) is 36.4 Å². The van der Waals surface area contributed by atoms with E-state index in [1.165, 1.54) is 12.1 Å². The van der Waals surface area contributed by atoms with Crippen molar-refractivity contribution in [1.82, 2.24) is 15.1 Å². The molecule has 2 aliphatic rings. The van der Waals surface area contributed by atoms with Gasteiger partial charge in [-0.2, -0.15) is 13.2 Å². The lowest BCUT2D eigenvalue weighted by Gasteiger charge is -2.14. The number of anilines is 1. The number of hydrogen-bond donors (Lipinski definition) is 1. The molecule has 1 amide bonds. The molecule has 2 aromatic heterocycles. The third-order valence-electron chi connectivity index (χ3n) is 6.04. The number of amides is 1. The number of halogens is 4. The van der Waals surface area contributed by atoms with Crippen molar-refractivity contribution in [3.63, 3.8) is 0 Å². The first-order valence-electron chi connectivity index (χ1n) is 10.9. The van der Waals surface area contributed by atoms with Crippen LogP contribution in [0.5, 0.6) is 0 Å². The Morgan fingerprint density at radius 1 is 1.11 bits per heavy atom. The minimum absolute atomic E-state index is 0.0863. The molecule has 1 saturated carbocycles. The minimum atomic E-state index is -4.45. The van der Waals surface area contributed by atoms with Gasteiger partial charge in [-0.25, -0.2) is 14.4 Å². The maximum absolute atomic E-state index is 14.7. The molecule has 1 aliphatic heterocycles. The van der Waals surface area contributed by atoms with Crippen LogP contribution >= 0.6 is 0 Å². The predicted octanol–water partition coefficient (Wildman–Crippen LogP) is 4.95. The van der Waals surface area contributed by atoms with Gasteiger partial charge in [0.2, 0.25) is 5.91 Å². The minimum Gasteiger partial charge on any atom is -0.358 e. The van der Waals surface area contributed by atoms with Gasteiger partial charge in [0.05, 0.1) is 6.42 Å². The molecule has 1 N–H and O–H groups in total. The fourth-order valence-corrected chi connectivity index (χ4v) is 3.87. The van der Waals surface area contributed by atoms with Gasteiger partial charge in [-0.3, -0.25) is 9.79 Å². The Balaban J connectivity index is 1.22. The van der Waals surface area contributed by atoms with E-state index in [1.807, 2.05) is 12.3 Å². The highest BCUT2D eigenvalue weighted by atomic mass is 19.4. The third kappa shape index (κ3) is 4.71. The van der Waals surface area contributed by atoms with Crippen LogP contribution in [0.4, 0.5) is 23.4 Å². The number of allylic oxidation sites excluding steroid dienone is 2. The summed E-state index contributed by atoms with van der Waals surface area (Å²) in [5, 5.41) is 5.87. The average molecular weight is 485 g/mol. The molecule has 1 aliphatic carbocycles. The fourth-order valence-electron chi connectivity index (χ4n) is 3.87. The van der Waals surface area contributed by atoms with Gasteiger partial charge in [0.1, 0.15) is 17.1 Å². The van der Waals surface area contributed by atoms with Gasteiger partial charge in [0.15, 0.2) is 11.6 Å². The Morgan fingerprint density at radius 3 is 2.51 bits per heavy atom. The molecule has 11 heteroatoms. The number of benzene rings is 1. The lowest BCUT2D eigenvalue weighted by molar-refractivity contribution is -0.165. The van der Waals surface area contributed by atoms with Crippen LogP contribution in [-0.4, -0.2) is 33.4 Å². The lowest BCUT2D eigenvalue weighted by atomic mass is 10.0. The summed E-state index contributed by atoms with van der Waals surface area (Å²) in [6.45, 7) is 0. The van der Waals surface area contributed by atoms with Crippen molar-refractivity contribution in [3.8, 4) is 11.1 Å². The van der Waals surface area contributed by atoms with Crippen molar-refractivity contribution in [3.05, 3.63) is 71.4 Å². The quantitative estimate of drug-likeness (QED) is 0.478. The summed E-state index contributed by atoms with van der Waals surface area (Å²) in [7, 11) is 0. The molecule has 5 rings (SSSR count). The van der Waals surface area contributed by atoms with E-state index in [0.29, 0.717) is 23.4 Å². The molecule has 3 aromatic rings. The van der Waals surface area contributed by atoms with Crippen molar-refractivity contribution in [2.24, 2.45) is 4.99 Å². The number of alkyl halides is 3. The van der Waals surface area contributed by atoms with Crippen LogP contribution in [0.3, 0.4) is 0 Å². The monoisotopic (exact) mass is 485 g/mol. The van der Waals surface area contributed by atoms with E-state index in [2.05, 4.69) is 25.4 Å². The summed E-state index contributed by atoms with van der Waals surface area (Å²) >= 11 is 0. The zero-order valence-electron chi connectivity index (χ0n) is 18.3. The van der Waals surface area contributed by atoms with Crippen LogP contribution < -0.4 is 5.32 Å². The van der Waals surface area contributed by atoms with Crippen molar-refractivity contribution in [1.29, 1.82) is 0 Å². The Bertz CT molecular complexity index is 1320. The smallest absolute Gasteiger partial charge is 0.358 e. The molecular formula is C24H19F4N5O2. The molecule has 35 heavy (non-hydrogen) atoms. The second-order valence-electron chi connectivity index (χ2n) is 8.49. The number of aliphatic imine (C=N–C) groups is 1. The van der Waals surface area contributed by atoms with Crippen LogP contribution in [0.15, 0.2) is 57.9 Å². The van der Waals surface area contributed by atoms with Gasteiger partial charge in [0.25, 0.3) is 0 Å². The summed E-state index contributed by atoms with van der Waals surface area (Å²) in [6, 6.07) is 5.45. The number of aromatic nitrogens is 3. The zero-order chi connectivity index (χ0) is 24.6. The Hall–Kier alpha value is -3.89. The van der Waals surface area contributed by atoms with Gasteiger partial charge in [-0.15, -0.1) is 0 Å². The number of hydrogen-bond acceptors (Lipinski definition) is 6. The number of nitrogens with one attached hydrogen (secondary N) is 1. The second kappa shape index (κ2) is 8.71.